The highest BCUT2D eigenvalue weighted by Gasteiger charge is 2.13. The predicted molar refractivity (Wildman–Crippen MR) is 67.4 cm³/mol. The summed E-state index contributed by atoms with van der Waals surface area (Å²) in [6, 6.07) is 8.97. The lowest BCUT2D eigenvalue weighted by atomic mass is 9.86. The van der Waals surface area contributed by atoms with Gasteiger partial charge in [0.25, 0.3) is 0 Å². The molecule has 0 aliphatic rings. The molecular formula is C13H19Br. The Morgan fingerprint density at radius 3 is 2.00 bits per heavy atom. The Morgan fingerprint density at radius 2 is 1.64 bits per heavy atom. The van der Waals surface area contributed by atoms with Crippen LogP contribution in [-0.4, -0.2) is 5.33 Å². The standard InChI is InChI=1S/C13H19Br/c1-10(9-14)11-5-7-12(8-6-11)13(2,3)4/h5-8,10H,9H2,1-4H3. The molecule has 1 rings (SSSR count). The molecule has 0 bridgehead atoms. The Bertz CT molecular complexity index is 279. The molecule has 0 nitrogen and oxygen atoms in total. The molecule has 0 saturated carbocycles. The van der Waals surface area contributed by atoms with Gasteiger partial charge in [0.1, 0.15) is 0 Å². The second kappa shape index (κ2) is 4.48. The highest BCUT2D eigenvalue weighted by atomic mass is 79.9. The molecule has 0 radical (unpaired) electrons. The van der Waals surface area contributed by atoms with Gasteiger partial charge in [0, 0.05) is 5.33 Å². The second-order valence-electron chi connectivity index (χ2n) is 4.93. The number of alkyl halides is 1. The van der Waals surface area contributed by atoms with E-state index in [1.807, 2.05) is 0 Å². The molecule has 0 amide bonds. The van der Waals surface area contributed by atoms with Gasteiger partial charge in [-0.05, 0) is 22.5 Å². The fraction of sp³-hybridized carbons (Fsp3) is 0.538. The first-order valence-corrected chi connectivity index (χ1v) is 6.23. The normalized spacial score (nSPS) is 14.1. The van der Waals surface area contributed by atoms with Crippen molar-refractivity contribution in [3.8, 4) is 0 Å². The van der Waals surface area contributed by atoms with Gasteiger partial charge < -0.3 is 0 Å². The van der Waals surface area contributed by atoms with Crippen LogP contribution in [0, 0.1) is 0 Å². The van der Waals surface area contributed by atoms with Gasteiger partial charge in [-0.15, -0.1) is 0 Å². The van der Waals surface area contributed by atoms with Crippen LogP contribution in [-0.2, 0) is 5.41 Å². The summed E-state index contributed by atoms with van der Waals surface area (Å²) in [4.78, 5) is 0. The zero-order valence-corrected chi connectivity index (χ0v) is 11.1. The minimum absolute atomic E-state index is 0.260. The first kappa shape index (κ1) is 11.8. The van der Waals surface area contributed by atoms with E-state index in [0.717, 1.165) is 5.33 Å². The van der Waals surface area contributed by atoms with Gasteiger partial charge in [-0.1, -0.05) is 67.9 Å². The molecule has 0 saturated heterocycles. The van der Waals surface area contributed by atoms with Crippen LogP contribution >= 0.6 is 15.9 Å². The van der Waals surface area contributed by atoms with Gasteiger partial charge in [-0.25, -0.2) is 0 Å². The van der Waals surface area contributed by atoms with Gasteiger partial charge in [0.05, 0.1) is 0 Å². The molecule has 14 heavy (non-hydrogen) atoms. The van der Waals surface area contributed by atoms with Crippen LogP contribution < -0.4 is 0 Å². The number of benzene rings is 1. The zero-order valence-electron chi connectivity index (χ0n) is 9.47. The lowest BCUT2D eigenvalue weighted by molar-refractivity contribution is 0.589. The average Bonchev–Trinajstić information content (AvgIpc) is 2.15. The van der Waals surface area contributed by atoms with E-state index in [1.54, 1.807) is 0 Å². The van der Waals surface area contributed by atoms with Crippen molar-refractivity contribution >= 4 is 15.9 Å². The van der Waals surface area contributed by atoms with Gasteiger partial charge >= 0.3 is 0 Å². The third-order valence-electron chi connectivity index (χ3n) is 2.58. The molecular weight excluding hydrogens is 236 g/mol. The lowest BCUT2D eigenvalue weighted by Crippen LogP contribution is -2.10. The van der Waals surface area contributed by atoms with Crippen LogP contribution in [0.4, 0.5) is 0 Å². The fourth-order valence-corrected chi connectivity index (χ4v) is 1.77. The third-order valence-corrected chi connectivity index (χ3v) is 3.55. The minimum Gasteiger partial charge on any atom is -0.0922 e. The van der Waals surface area contributed by atoms with Crippen molar-refractivity contribution in [3.63, 3.8) is 0 Å². The van der Waals surface area contributed by atoms with Crippen molar-refractivity contribution in [2.45, 2.75) is 39.0 Å². The Hall–Kier alpha value is -0.300. The molecule has 0 spiro atoms. The van der Waals surface area contributed by atoms with Crippen LogP contribution in [0.15, 0.2) is 24.3 Å². The van der Waals surface area contributed by atoms with Crippen molar-refractivity contribution in [2.24, 2.45) is 0 Å². The lowest BCUT2D eigenvalue weighted by Gasteiger charge is -2.19. The SMILES string of the molecule is CC(CBr)c1ccc(C(C)(C)C)cc1. The Labute approximate surface area is 95.9 Å². The molecule has 0 aliphatic heterocycles. The van der Waals surface area contributed by atoms with Crippen LogP contribution in [0.25, 0.3) is 0 Å². The van der Waals surface area contributed by atoms with Crippen molar-refractivity contribution in [2.75, 3.05) is 5.33 Å². The first-order chi connectivity index (χ1) is 6.45. The van der Waals surface area contributed by atoms with E-state index in [4.69, 9.17) is 0 Å². The Kier molecular flexibility index (Phi) is 3.77. The molecule has 0 heterocycles. The number of rotatable bonds is 2. The van der Waals surface area contributed by atoms with Crippen molar-refractivity contribution in [3.05, 3.63) is 35.4 Å². The van der Waals surface area contributed by atoms with Crippen LogP contribution in [0.3, 0.4) is 0 Å². The van der Waals surface area contributed by atoms with Crippen LogP contribution in [0.2, 0.25) is 0 Å². The molecule has 1 unspecified atom stereocenters. The van der Waals surface area contributed by atoms with E-state index in [-0.39, 0.29) is 5.41 Å². The van der Waals surface area contributed by atoms with Gasteiger partial charge in [-0.2, -0.15) is 0 Å². The van der Waals surface area contributed by atoms with E-state index in [0.29, 0.717) is 5.92 Å². The first-order valence-electron chi connectivity index (χ1n) is 5.11. The van der Waals surface area contributed by atoms with E-state index in [9.17, 15) is 0 Å². The van der Waals surface area contributed by atoms with E-state index < -0.39 is 0 Å². The van der Waals surface area contributed by atoms with Crippen molar-refractivity contribution in [1.82, 2.24) is 0 Å². The van der Waals surface area contributed by atoms with Gasteiger partial charge in [-0.3, -0.25) is 0 Å². The van der Waals surface area contributed by atoms with Crippen LogP contribution in [0.5, 0.6) is 0 Å². The summed E-state index contributed by atoms with van der Waals surface area (Å²) in [5, 5.41) is 1.03. The molecule has 1 aromatic rings. The van der Waals surface area contributed by atoms with Crippen LogP contribution in [0.1, 0.15) is 44.7 Å². The Balaban J connectivity index is 2.89. The summed E-state index contributed by atoms with van der Waals surface area (Å²) in [6.07, 6.45) is 0. The van der Waals surface area contributed by atoms with Crippen molar-refractivity contribution < 1.29 is 0 Å². The number of halogens is 1. The van der Waals surface area contributed by atoms with E-state index in [2.05, 4.69) is 67.9 Å². The molecule has 0 fully saturated rings. The summed E-state index contributed by atoms with van der Waals surface area (Å²) in [7, 11) is 0. The molecule has 1 heteroatoms. The maximum atomic E-state index is 3.51. The van der Waals surface area contributed by atoms with Gasteiger partial charge in [0.15, 0.2) is 0 Å². The highest BCUT2D eigenvalue weighted by Crippen LogP contribution is 2.24. The second-order valence-corrected chi connectivity index (χ2v) is 5.57. The van der Waals surface area contributed by atoms with E-state index >= 15 is 0 Å². The smallest absolute Gasteiger partial charge is 0.00975 e. The zero-order chi connectivity index (χ0) is 10.8. The summed E-state index contributed by atoms with van der Waals surface area (Å²) >= 11 is 3.51. The summed E-state index contributed by atoms with van der Waals surface area (Å²) in [5.41, 5.74) is 3.08. The average molecular weight is 255 g/mol. The fourth-order valence-electron chi connectivity index (χ4n) is 1.40. The van der Waals surface area contributed by atoms with Crippen molar-refractivity contribution in [1.29, 1.82) is 0 Å². The maximum Gasteiger partial charge on any atom is 0.00975 e. The largest absolute Gasteiger partial charge is 0.0922 e. The quantitative estimate of drug-likeness (QED) is 0.683. The number of hydrogen-bond donors (Lipinski definition) is 0. The maximum absolute atomic E-state index is 3.51. The molecule has 0 N–H and O–H groups in total. The topological polar surface area (TPSA) is 0 Å². The summed E-state index contributed by atoms with van der Waals surface area (Å²) < 4.78 is 0. The highest BCUT2D eigenvalue weighted by molar-refractivity contribution is 9.09. The molecule has 1 atom stereocenters. The molecule has 78 valence electrons. The predicted octanol–water partition coefficient (Wildman–Crippen LogP) is 4.48. The number of hydrogen-bond acceptors (Lipinski definition) is 0. The summed E-state index contributed by atoms with van der Waals surface area (Å²) in [6.45, 7) is 8.97. The molecule has 1 aromatic carbocycles. The summed E-state index contributed by atoms with van der Waals surface area (Å²) in [5.74, 6) is 0.601. The van der Waals surface area contributed by atoms with Gasteiger partial charge in [0.2, 0.25) is 0 Å². The minimum atomic E-state index is 0.260. The molecule has 0 aromatic heterocycles. The van der Waals surface area contributed by atoms with E-state index in [1.165, 1.54) is 11.1 Å². The third kappa shape index (κ3) is 2.84. The molecule has 0 aliphatic carbocycles. The Morgan fingerprint density at radius 1 is 1.14 bits per heavy atom. The monoisotopic (exact) mass is 254 g/mol.